The van der Waals surface area contributed by atoms with E-state index in [4.69, 9.17) is 0 Å². The molecule has 0 radical (unpaired) electrons. The molecular weight excluding hydrogens is 306 g/mol. The van der Waals surface area contributed by atoms with Crippen molar-refractivity contribution >= 4 is 27.8 Å². The summed E-state index contributed by atoms with van der Waals surface area (Å²) in [5.41, 5.74) is 2.42. The number of halogens is 1. The van der Waals surface area contributed by atoms with Crippen LogP contribution < -0.4 is 5.32 Å². The molecule has 2 aromatic rings. The molecule has 1 aliphatic heterocycles. The van der Waals surface area contributed by atoms with Gasteiger partial charge >= 0.3 is 6.03 Å². The van der Waals surface area contributed by atoms with E-state index in [2.05, 4.69) is 38.4 Å². The molecule has 0 spiro atoms. The topological polar surface area (TPSA) is 45.2 Å². The second kappa shape index (κ2) is 5.01. The zero-order chi connectivity index (χ0) is 13.2. The number of anilines is 1. The standard InChI is InChI=1S/C14H12BrN3O/c15-12-5-6-13(16-7-12)17-14(19)18-8-10-3-1-2-4-11(10)9-18/h1-7H,8-9H2,(H,16,17,19). The number of carbonyl (C=O) groups excluding carboxylic acids is 1. The number of rotatable bonds is 1. The van der Waals surface area contributed by atoms with Crippen LogP contribution in [0, 0.1) is 0 Å². The highest BCUT2D eigenvalue weighted by Gasteiger charge is 2.22. The van der Waals surface area contributed by atoms with Crippen LogP contribution in [0.5, 0.6) is 0 Å². The first-order valence-electron chi connectivity index (χ1n) is 5.96. The van der Waals surface area contributed by atoms with E-state index in [1.165, 1.54) is 11.1 Å². The minimum absolute atomic E-state index is 0.119. The number of urea groups is 1. The Bertz CT molecular complexity index is 587. The minimum Gasteiger partial charge on any atom is -0.316 e. The van der Waals surface area contributed by atoms with Crippen LogP contribution >= 0.6 is 15.9 Å². The molecule has 5 heteroatoms. The van der Waals surface area contributed by atoms with Crippen LogP contribution in [0.1, 0.15) is 11.1 Å². The van der Waals surface area contributed by atoms with E-state index in [1.807, 2.05) is 18.2 Å². The first-order chi connectivity index (χ1) is 9.22. The highest BCUT2D eigenvalue weighted by atomic mass is 79.9. The third-order valence-corrected chi connectivity index (χ3v) is 3.56. The molecule has 19 heavy (non-hydrogen) atoms. The van der Waals surface area contributed by atoms with Gasteiger partial charge < -0.3 is 4.90 Å². The number of amides is 2. The summed E-state index contributed by atoms with van der Waals surface area (Å²) in [6.07, 6.45) is 1.66. The largest absolute Gasteiger partial charge is 0.323 e. The van der Waals surface area contributed by atoms with Crippen LogP contribution in [0.25, 0.3) is 0 Å². The second-order valence-electron chi connectivity index (χ2n) is 4.42. The summed E-state index contributed by atoms with van der Waals surface area (Å²) in [5.74, 6) is 0.559. The van der Waals surface area contributed by atoms with Gasteiger partial charge in [0.1, 0.15) is 5.82 Å². The zero-order valence-electron chi connectivity index (χ0n) is 10.1. The number of benzene rings is 1. The van der Waals surface area contributed by atoms with Crippen LogP contribution in [0.3, 0.4) is 0 Å². The molecule has 0 unspecified atom stereocenters. The summed E-state index contributed by atoms with van der Waals surface area (Å²) < 4.78 is 0.888. The molecule has 1 aliphatic rings. The average Bonchev–Trinajstić information content (AvgIpc) is 2.85. The molecule has 3 rings (SSSR count). The highest BCUT2D eigenvalue weighted by Crippen LogP contribution is 2.22. The van der Waals surface area contributed by atoms with Gasteiger partial charge in [-0.2, -0.15) is 0 Å². The molecule has 0 bridgehead atoms. The summed E-state index contributed by atoms with van der Waals surface area (Å²) in [6, 6.07) is 11.6. The van der Waals surface area contributed by atoms with Crippen LogP contribution in [-0.2, 0) is 13.1 Å². The Morgan fingerprint density at radius 2 is 1.84 bits per heavy atom. The lowest BCUT2D eigenvalue weighted by molar-refractivity contribution is 0.212. The molecule has 0 saturated carbocycles. The van der Waals surface area contributed by atoms with E-state index in [-0.39, 0.29) is 6.03 Å². The van der Waals surface area contributed by atoms with Gasteiger partial charge in [0.25, 0.3) is 0 Å². The molecule has 1 aromatic carbocycles. The number of aromatic nitrogens is 1. The van der Waals surface area contributed by atoms with Crippen molar-refractivity contribution in [2.45, 2.75) is 13.1 Å². The lowest BCUT2D eigenvalue weighted by atomic mass is 10.1. The zero-order valence-corrected chi connectivity index (χ0v) is 11.7. The average molecular weight is 318 g/mol. The molecule has 0 atom stereocenters. The fourth-order valence-electron chi connectivity index (χ4n) is 2.12. The third kappa shape index (κ3) is 2.61. The van der Waals surface area contributed by atoms with Gasteiger partial charge in [-0.25, -0.2) is 9.78 Å². The van der Waals surface area contributed by atoms with Crippen molar-refractivity contribution in [1.82, 2.24) is 9.88 Å². The summed E-state index contributed by atoms with van der Waals surface area (Å²) in [7, 11) is 0. The van der Waals surface area contributed by atoms with E-state index in [0.29, 0.717) is 18.9 Å². The van der Waals surface area contributed by atoms with Gasteiger partial charge in [-0.15, -0.1) is 0 Å². The quantitative estimate of drug-likeness (QED) is 0.876. The normalized spacial score (nSPS) is 13.2. The number of fused-ring (bicyclic) bond motifs is 1. The van der Waals surface area contributed by atoms with Crippen molar-refractivity contribution in [2.24, 2.45) is 0 Å². The van der Waals surface area contributed by atoms with Crippen LogP contribution in [-0.4, -0.2) is 15.9 Å². The predicted octanol–water partition coefficient (Wildman–Crippen LogP) is 3.39. The number of nitrogens with zero attached hydrogens (tertiary/aromatic N) is 2. The Morgan fingerprint density at radius 3 is 2.42 bits per heavy atom. The van der Waals surface area contributed by atoms with Crippen molar-refractivity contribution in [3.8, 4) is 0 Å². The summed E-state index contributed by atoms with van der Waals surface area (Å²) in [5, 5.41) is 2.80. The van der Waals surface area contributed by atoms with Gasteiger partial charge in [0, 0.05) is 23.8 Å². The number of nitrogens with one attached hydrogen (secondary N) is 1. The van der Waals surface area contributed by atoms with Crippen molar-refractivity contribution in [1.29, 1.82) is 0 Å². The maximum absolute atomic E-state index is 12.1. The molecule has 0 aliphatic carbocycles. The predicted molar refractivity (Wildman–Crippen MR) is 76.6 cm³/mol. The lowest BCUT2D eigenvalue weighted by Gasteiger charge is -2.15. The maximum Gasteiger partial charge on any atom is 0.323 e. The van der Waals surface area contributed by atoms with Gasteiger partial charge in [-0.3, -0.25) is 5.32 Å². The van der Waals surface area contributed by atoms with Gasteiger partial charge in [-0.1, -0.05) is 24.3 Å². The fourth-order valence-corrected chi connectivity index (χ4v) is 2.35. The van der Waals surface area contributed by atoms with Crippen LogP contribution in [0.2, 0.25) is 0 Å². The van der Waals surface area contributed by atoms with Gasteiger partial charge in [0.2, 0.25) is 0 Å². The Labute approximate surface area is 119 Å². The minimum atomic E-state index is -0.119. The lowest BCUT2D eigenvalue weighted by Crippen LogP contribution is -2.30. The smallest absolute Gasteiger partial charge is 0.316 e. The Hall–Kier alpha value is -1.88. The number of hydrogen-bond acceptors (Lipinski definition) is 2. The fraction of sp³-hybridized carbons (Fsp3) is 0.143. The summed E-state index contributed by atoms with van der Waals surface area (Å²) >= 11 is 3.31. The molecule has 4 nitrogen and oxygen atoms in total. The summed E-state index contributed by atoms with van der Waals surface area (Å²) in [4.78, 5) is 18.0. The maximum atomic E-state index is 12.1. The first-order valence-corrected chi connectivity index (χ1v) is 6.76. The van der Waals surface area contributed by atoms with Crippen molar-refractivity contribution in [3.63, 3.8) is 0 Å². The van der Waals surface area contributed by atoms with Crippen molar-refractivity contribution in [3.05, 3.63) is 58.2 Å². The Balaban J connectivity index is 1.68. The van der Waals surface area contributed by atoms with Crippen molar-refractivity contribution < 1.29 is 4.79 Å². The second-order valence-corrected chi connectivity index (χ2v) is 5.33. The Kier molecular flexibility index (Phi) is 3.21. The summed E-state index contributed by atoms with van der Waals surface area (Å²) in [6.45, 7) is 1.30. The van der Waals surface area contributed by atoms with Gasteiger partial charge in [0.15, 0.2) is 0 Å². The molecule has 96 valence electrons. The number of hydrogen-bond donors (Lipinski definition) is 1. The van der Waals surface area contributed by atoms with Gasteiger partial charge in [0.05, 0.1) is 0 Å². The monoisotopic (exact) mass is 317 g/mol. The van der Waals surface area contributed by atoms with Crippen LogP contribution in [0.4, 0.5) is 10.6 Å². The van der Waals surface area contributed by atoms with E-state index in [0.717, 1.165) is 4.47 Å². The van der Waals surface area contributed by atoms with Gasteiger partial charge in [-0.05, 0) is 39.2 Å². The SMILES string of the molecule is O=C(Nc1ccc(Br)cn1)N1Cc2ccccc2C1. The highest BCUT2D eigenvalue weighted by molar-refractivity contribution is 9.10. The molecule has 1 N–H and O–H groups in total. The molecule has 1 aromatic heterocycles. The first kappa shape index (κ1) is 12.2. The molecular formula is C14H12BrN3O. The van der Waals surface area contributed by atoms with Crippen LogP contribution in [0.15, 0.2) is 47.1 Å². The number of carbonyl (C=O) groups is 1. The number of pyridine rings is 1. The molecule has 0 fully saturated rings. The molecule has 2 heterocycles. The van der Waals surface area contributed by atoms with E-state index in [1.54, 1.807) is 17.2 Å². The molecule has 2 amide bonds. The van der Waals surface area contributed by atoms with E-state index >= 15 is 0 Å². The van der Waals surface area contributed by atoms with E-state index in [9.17, 15) is 4.79 Å². The van der Waals surface area contributed by atoms with E-state index < -0.39 is 0 Å². The Morgan fingerprint density at radius 1 is 1.16 bits per heavy atom. The molecule has 0 saturated heterocycles. The van der Waals surface area contributed by atoms with Crippen molar-refractivity contribution in [2.75, 3.05) is 5.32 Å². The third-order valence-electron chi connectivity index (χ3n) is 3.09.